The highest BCUT2D eigenvalue weighted by atomic mass is 19.1. The number of rotatable bonds is 8. The number of carbonyl (C=O) groups is 1. The summed E-state index contributed by atoms with van der Waals surface area (Å²) in [5.74, 6) is 1.28. The molecule has 0 spiro atoms. The summed E-state index contributed by atoms with van der Waals surface area (Å²) in [6, 6.07) is 12.1. The third-order valence-corrected chi connectivity index (χ3v) is 4.75. The van der Waals surface area contributed by atoms with E-state index in [1.807, 2.05) is 38.4 Å². The number of likely N-dealkylation sites (N-methyl/N-ethyl adjacent to an activating group) is 1. The molecule has 0 unspecified atom stereocenters. The molecule has 0 aromatic heterocycles. The lowest BCUT2D eigenvalue weighted by Crippen LogP contribution is -2.45. The van der Waals surface area contributed by atoms with Gasteiger partial charge in [-0.1, -0.05) is 24.3 Å². The molecule has 0 aliphatic carbocycles. The fraction of sp³-hybridized carbons (Fsp3) is 0.381. The molecule has 0 saturated carbocycles. The minimum Gasteiger partial charge on any atom is -0.454 e. The third kappa shape index (κ3) is 5.36. The zero-order valence-corrected chi connectivity index (χ0v) is 16.2. The molecule has 0 fully saturated rings. The molecule has 1 aliphatic heterocycles. The Bertz CT molecular complexity index is 813. The largest absolute Gasteiger partial charge is 0.454 e. The van der Waals surface area contributed by atoms with Gasteiger partial charge in [-0.3, -0.25) is 0 Å². The van der Waals surface area contributed by atoms with Gasteiger partial charge in [0.05, 0.1) is 0 Å². The van der Waals surface area contributed by atoms with Gasteiger partial charge in [0.25, 0.3) is 0 Å². The molecule has 2 N–H and O–H groups in total. The van der Waals surface area contributed by atoms with Crippen molar-refractivity contribution < 1.29 is 18.7 Å². The summed E-state index contributed by atoms with van der Waals surface area (Å²) < 4.78 is 24.2. The monoisotopic (exact) mass is 387 g/mol. The Morgan fingerprint density at radius 2 is 2.00 bits per heavy atom. The smallest absolute Gasteiger partial charge is 0.314 e. The summed E-state index contributed by atoms with van der Waals surface area (Å²) in [4.78, 5) is 14.2. The topological polar surface area (TPSA) is 62.8 Å². The van der Waals surface area contributed by atoms with Crippen LogP contribution in [0.5, 0.6) is 11.5 Å². The lowest BCUT2D eigenvalue weighted by atomic mass is 10.0. The number of hydrogen-bond donors (Lipinski definition) is 2. The van der Waals surface area contributed by atoms with E-state index in [1.54, 1.807) is 6.07 Å². The number of carbonyl (C=O) groups excluding carboxylic acids is 1. The highest BCUT2D eigenvalue weighted by molar-refractivity contribution is 5.73. The molecule has 7 heteroatoms. The molecule has 150 valence electrons. The number of hydrogen-bond acceptors (Lipinski definition) is 4. The summed E-state index contributed by atoms with van der Waals surface area (Å²) >= 11 is 0. The second-order valence-electron chi connectivity index (χ2n) is 6.99. The molecule has 28 heavy (non-hydrogen) atoms. The van der Waals surface area contributed by atoms with Gasteiger partial charge in [-0.05, 0) is 56.3 Å². The second-order valence-corrected chi connectivity index (χ2v) is 6.99. The van der Waals surface area contributed by atoms with E-state index in [4.69, 9.17) is 9.47 Å². The van der Waals surface area contributed by atoms with Crippen molar-refractivity contribution in [2.45, 2.75) is 18.9 Å². The first kappa shape index (κ1) is 19.9. The molecule has 1 heterocycles. The van der Waals surface area contributed by atoms with Crippen molar-refractivity contribution in [2.24, 2.45) is 0 Å². The molecule has 1 atom stereocenters. The van der Waals surface area contributed by atoms with Crippen LogP contribution in [0.3, 0.4) is 0 Å². The average Bonchev–Trinajstić information content (AvgIpc) is 3.14. The van der Waals surface area contributed by atoms with Gasteiger partial charge >= 0.3 is 6.03 Å². The van der Waals surface area contributed by atoms with Crippen molar-refractivity contribution in [2.75, 3.05) is 34.0 Å². The standard InChI is InChI=1S/C21H26FN3O3/c1-25(2)18(12-16-6-4-8-19-20(16)28-14-27-19)13-24-21(26)23-10-9-15-5-3-7-17(22)11-15/h3-8,11,18H,9-10,12-14H2,1-2H3,(H2,23,24,26)/t18-/m0/s1. The maximum Gasteiger partial charge on any atom is 0.314 e. The van der Waals surface area contributed by atoms with E-state index in [9.17, 15) is 9.18 Å². The Morgan fingerprint density at radius 3 is 2.79 bits per heavy atom. The Kier molecular flexibility index (Phi) is 6.71. The van der Waals surface area contributed by atoms with Crippen LogP contribution in [0.2, 0.25) is 0 Å². The Hall–Kier alpha value is -2.80. The van der Waals surface area contributed by atoms with Crippen molar-refractivity contribution in [3.8, 4) is 11.5 Å². The molecule has 0 saturated heterocycles. The molecule has 2 aromatic rings. The molecule has 1 aliphatic rings. The number of fused-ring (bicyclic) bond motifs is 1. The molecule has 3 rings (SSSR count). The molecular weight excluding hydrogens is 361 g/mol. The number of ether oxygens (including phenoxy) is 2. The van der Waals surface area contributed by atoms with Gasteiger partial charge in [-0.25, -0.2) is 9.18 Å². The molecule has 2 aromatic carbocycles. The Labute approximate surface area is 164 Å². The third-order valence-electron chi connectivity index (χ3n) is 4.75. The van der Waals surface area contributed by atoms with Crippen LogP contribution in [0.4, 0.5) is 9.18 Å². The zero-order valence-electron chi connectivity index (χ0n) is 16.2. The number of nitrogens with one attached hydrogen (secondary N) is 2. The first-order valence-corrected chi connectivity index (χ1v) is 9.33. The predicted molar refractivity (Wildman–Crippen MR) is 105 cm³/mol. The van der Waals surface area contributed by atoms with Gasteiger partial charge in [-0.15, -0.1) is 0 Å². The Balaban J connectivity index is 1.47. The fourth-order valence-electron chi connectivity index (χ4n) is 3.13. The van der Waals surface area contributed by atoms with E-state index in [0.29, 0.717) is 19.5 Å². The van der Waals surface area contributed by atoms with Crippen molar-refractivity contribution in [3.05, 3.63) is 59.4 Å². The van der Waals surface area contributed by atoms with Crippen LogP contribution in [0.25, 0.3) is 0 Å². The van der Waals surface area contributed by atoms with Crippen molar-refractivity contribution >= 4 is 6.03 Å². The van der Waals surface area contributed by atoms with Gasteiger partial charge < -0.3 is 25.0 Å². The van der Waals surface area contributed by atoms with Crippen LogP contribution in [-0.4, -0.2) is 51.0 Å². The maximum atomic E-state index is 13.2. The number of halogens is 1. The minimum absolute atomic E-state index is 0.102. The van der Waals surface area contributed by atoms with Gasteiger partial charge in [0.2, 0.25) is 6.79 Å². The zero-order chi connectivity index (χ0) is 19.9. The van der Waals surface area contributed by atoms with E-state index < -0.39 is 0 Å². The van der Waals surface area contributed by atoms with Gasteiger partial charge in [-0.2, -0.15) is 0 Å². The van der Waals surface area contributed by atoms with Gasteiger partial charge in [0.1, 0.15) is 5.82 Å². The first-order valence-electron chi connectivity index (χ1n) is 9.33. The quantitative estimate of drug-likeness (QED) is 0.731. The van der Waals surface area contributed by atoms with Gasteiger partial charge in [0.15, 0.2) is 11.5 Å². The van der Waals surface area contributed by atoms with Crippen LogP contribution in [0.1, 0.15) is 11.1 Å². The van der Waals surface area contributed by atoms with Crippen LogP contribution in [-0.2, 0) is 12.8 Å². The normalized spacial score (nSPS) is 13.4. The average molecular weight is 387 g/mol. The van der Waals surface area contributed by atoms with Crippen molar-refractivity contribution in [3.63, 3.8) is 0 Å². The van der Waals surface area contributed by atoms with E-state index in [0.717, 1.165) is 29.0 Å². The van der Waals surface area contributed by atoms with Crippen LogP contribution in [0.15, 0.2) is 42.5 Å². The van der Waals surface area contributed by atoms with Gasteiger partial charge in [0, 0.05) is 19.1 Å². The van der Waals surface area contributed by atoms with Crippen molar-refractivity contribution in [1.29, 1.82) is 0 Å². The van der Waals surface area contributed by atoms with Crippen LogP contribution >= 0.6 is 0 Å². The SMILES string of the molecule is CN(C)[C@H](CNC(=O)NCCc1cccc(F)c1)Cc1cccc2c1OCO2. The predicted octanol–water partition coefficient (Wildman–Crippen LogP) is 2.57. The molecule has 6 nitrogen and oxygen atoms in total. The summed E-state index contributed by atoms with van der Waals surface area (Å²) in [5, 5.41) is 5.73. The molecule has 0 bridgehead atoms. The highest BCUT2D eigenvalue weighted by Gasteiger charge is 2.21. The lowest BCUT2D eigenvalue weighted by Gasteiger charge is -2.25. The fourth-order valence-corrected chi connectivity index (χ4v) is 3.13. The second kappa shape index (κ2) is 9.41. The summed E-state index contributed by atoms with van der Waals surface area (Å²) in [7, 11) is 3.96. The minimum atomic E-state index is -0.266. The number of nitrogens with zero attached hydrogens (tertiary/aromatic N) is 1. The summed E-state index contributed by atoms with van der Waals surface area (Å²) in [6.07, 6.45) is 1.30. The van der Waals surface area contributed by atoms with E-state index in [2.05, 4.69) is 15.5 Å². The lowest BCUT2D eigenvalue weighted by molar-refractivity contribution is 0.172. The summed E-state index contributed by atoms with van der Waals surface area (Å²) in [5.41, 5.74) is 1.91. The van der Waals surface area contributed by atoms with Crippen LogP contribution in [0, 0.1) is 5.82 Å². The highest BCUT2D eigenvalue weighted by Crippen LogP contribution is 2.36. The van der Waals surface area contributed by atoms with E-state index in [1.165, 1.54) is 12.1 Å². The number of para-hydroxylation sites is 1. The Morgan fingerprint density at radius 1 is 1.18 bits per heavy atom. The summed E-state index contributed by atoms with van der Waals surface area (Å²) in [6.45, 7) is 1.17. The molecule has 2 amide bonds. The van der Waals surface area contributed by atoms with Crippen molar-refractivity contribution in [1.82, 2.24) is 15.5 Å². The number of amides is 2. The van der Waals surface area contributed by atoms with Crippen LogP contribution < -0.4 is 20.1 Å². The maximum absolute atomic E-state index is 13.2. The number of urea groups is 1. The van der Waals surface area contributed by atoms with E-state index in [-0.39, 0.29) is 24.7 Å². The first-order chi connectivity index (χ1) is 13.5. The van der Waals surface area contributed by atoms with E-state index >= 15 is 0 Å². The molecular formula is C21H26FN3O3. The molecule has 0 radical (unpaired) electrons. The number of benzene rings is 2.